The minimum atomic E-state index is -0.213. The Morgan fingerprint density at radius 1 is 1.09 bits per heavy atom. The summed E-state index contributed by atoms with van der Waals surface area (Å²) in [5.41, 5.74) is 2.54. The summed E-state index contributed by atoms with van der Waals surface area (Å²) in [6.07, 6.45) is 0. The van der Waals surface area contributed by atoms with E-state index in [4.69, 9.17) is 32.7 Å². The topological polar surface area (TPSA) is 54.0 Å². The van der Waals surface area contributed by atoms with Gasteiger partial charge in [-0.25, -0.2) is 4.79 Å². The molecule has 0 saturated heterocycles. The Balaban J connectivity index is 1.65. The van der Waals surface area contributed by atoms with Crippen molar-refractivity contribution < 1.29 is 14.3 Å². The molecular formula is C24H31Cl2N3O3. The SMILES string of the molecule is COc1ccc(NC(=O)N2Cc3ccc(Cl)c(Cl)c3C2)cc1OCCN(C(C)C)C(C)C. The van der Waals surface area contributed by atoms with Crippen molar-refractivity contribution >= 4 is 34.9 Å². The molecule has 0 saturated carbocycles. The van der Waals surface area contributed by atoms with Gasteiger partial charge in [0.15, 0.2) is 11.5 Å². The minimum absolute atomic E-state index is 0.213. The van der Waals surface area contributed by atoms with Crippen LogP contribution >= 0.6 is 23.2 Å². The van der Waals surface area contributed by atoms with Crippen LogP contribution in [-0.2, 0) is 13.1 Å². The molecule has 0 radical (unpaired) electrons. The third kappa shape index (κ3) is 5.61. The maximum Gasteiger partial charge on any atom is 0.322 e. The fraction of sp³-hybridized carbons (Fsp3) is 0.458. The number of fused-ring (bicyclic) bond motifs is 1. The molecule has 174 valence electrons. The third-order valence-electron chi connectivity index (χ3n) is 5.64. The number of nitrogens with one attached hydrogen (secondary N) is 1. The normalized spacial score (nSPS) is 13.1. The Morgan fingerprint density at radius 3 is 2.47 bits per heavy atom. The van der Waals surface area contributed by atoms with E-state index in [9.17, 15) is 4.79 Å². The van der Waals surface area contributed by atoms with Crippen molar-refractivity contribution in [2.45, 2.75) is 52.9 Å². The molecular weight excluding hydrogens is 449 g/mol. The first-order valence-electron chi connectivity index (χ1n) is 10.8. The van der Waals surface area contributed by atoms with Crippen molar-refractivity contribution in [3.8, 4) is 11.5 Å². The van der Waals surface area contributed by atoms with Crippen molar-refractivity contribution in [1.82, 2.24) is 9.80 Å². The number of halogens is 2. The molecule has 1 aliphatic heterocycles. The van der Waals surface area contributed by atoms with Crippen LogP contribution in [0.15, 0.2) is 30.3 Å². The molecule has 0 unspecified atom stereocenters. The first kappa shape index (κ1) is 24.5. The highest BCUT2D eigenvalue weighted by molar-refractivity contribution is 6.42. The van der Waals surface area contributed by atoms with E-state index in [0.717, 1.165) is 17.7 Å². The molecule has 1 N–H and O–H groups in total. The van der Waals surface area contributed by atoms with E-state index in [0.29, 0.717) is 59.0 Å². The summed E-state index contributed by atoms with van der Waals surface area (Å²) in [6.45, 7) is 10.9. The number of amides is 2. The van der Waals surface area contributed by atoms with Gasteiger partial charge in [-0.2, -0.15) is 0 Å². The Hall–Kier alpha value is -2.15. The summed E-state index contributed by atoms with van der Waals surface area (Å²) in [4.78, 5) is 16.9. The third-order valence-corrected chi connectivity index (χ3v) is 6.48. The molecule has 6 nitrogen and oxygen atoms in total. The monoisotopic (exact) mass is 479 g/mol. The smallest absolute Gasteiger partial charge is 0.322 e. The van der Waals surface area contributed by atoms with Gasteiger partial charge in [0.05, 0.1) is 17.2 Å². The summed E-state index contributed by atoms with van der Waals surface area (Å²) < 4.78 is 11.5. The minimum Gasteiger partial charge on any atom is -0.493 e. The maximum atomic E-state index is 12.9. The van der Waals surface area contributed by atoms with E-state index in [2.05, 4.69) is 37.9 Å². The number of nitrogens with zero attached hydrogens (tertiary/aromatic N) is 2. The van der Waals surface area contributed by atoms with Crippen LogP contribution in [0, 0.1) is 0 Å². The molecule has 0 atom stereocenters. The number of rotatable bonds is 8. The highest BCUT2D eigenvalue weighted by Gasteiger charge is 2.26. The van der Waals surface area contributed by atoms with Crippen LogP contribution in [0.5, 0.6) is 11.5 Å². The number of benzene rings is 2. The number of hydrogen-bond acceptors (Lipinski definition) is 4. The predicted octanol–water partition coefficient (Wildman–Crippen LogP) is 6.05. The van der Waals surface area contributed by atoms with Crippen LogP contribution in [-0.4, -0.2) is 48.2 Å². The molecule has 0 spiro atoms. The van der Waals surface area contributed by atoms with Crippen molar-refractivity contribution in [3.05, 3.63) is 51.5 Å². The molecule has 1 aliphatic rings. The average Bonchev–Trinajstić information content (AvgIpc) is 3.19. The van der Waals surface area contributed by atoms with Crippen molar-refractivity contribution in [3.63, 3.8) is 0 Å². The number of carbonyl (C=O) groups is 1. The Kier molecular flexibility index (Phi) is 8.15. The number of anilines is 1. The predicted molar refractivity (Wildman–Crippen MR) is 130 cm³/mol. The van der Waals surface area contributed by atoms with Crippen molar-refractivity contribution in [2.24, 2.45) is 0 Å². The average molecular weight is 480 g/mol. The second-order valence-corrected chi connectivity index (χ2v) is 9.21. The molecule has 8 heteroatoms. The van der Waals surface area contributed by atoms with Crippen molar-refractivity contribution in [1.29, 1.82) is 0 Å². The van der Waals surface area contributed by atoms with Crippen molar-refractivity contribution in [2.75, 3.05) is 25.6 Å². The van der Waals surface area contributed by atoms with Gasteiger partial charge in [0, 0.05) is 43.5 Å². The zero-order valence-electron chi connectivity index (χ0n) is 19.2. The van der Waals surface area contributed by atoms with Gasteiger partial charge < -0.3 is 19.7 Å². The van der Waals surface area contributed by atoms with Gasteiger partial charge in [-0.3, -0.25) is 4.90 Å². The molecule has 2 aromatic rings. The lowest BCUT2D eigenvalue weighted by Gasteiger charge is -2.30. The lowest BCUT2D eigenvalue weighted by molar-refractivity contribution is 0.140. The number of hydrogen-bond donors (Lipinski definition) is 1. The van der Waals surface area contributed by atoms with Crippen LogP contribution in [0.2, 0.25) is 10.0 Å². The Morgan fingerprint density at radius 2 is 1.81 bits per heavy atom. The summed E-state index contributed by atoms with van der Waals surface area (Å²) in [5, 5.41) is 3.95. The number of urea groups is 1. The van der Waals surface area contributed by atoms with E-state index in [1.54, 1.807) is 36.3 Å². The fourth-order valence-corrected chi connectivity index (χ4v) is 4.41. The number of carbonyl (C=O) groups excluding carboxylic acids is 1. The van der Waals surface area contributed by atoms with E-state index < -0.39 is 0 Å². The van der Waals surface area contributed by atoms with Crippen LogP contribution in [0.1, 0.15) is 38.8 Å². The van der Waals surface area contributed by atoms with Crippen LogP contribution in [0.3, 0.4) is 0 Å². The quantitative estimate of drug-likeness (QED) is 0.500. The van der Waals surface area contributed by atoms with Gasteiger partial charge in [-0.1, -0.05) is 29.3 Å². The number of ether oxygens (including phenoxy) is 2. The van der Waals surface area contributed by atoms with E-state index in [1.165, 1.54) is 0 Å². The molecule has 0 aliphatic carbocycles. The van der Waals surface area contributed by atoms with E-state index in [-0.39, 0.29) is 6.03 Å². The lowest BCUT2D eigenvalue weighted by atomic mass is 10.1. The van der Waals surface area contributed by atoms with Gasteiger partial charge in [0.1, 0.15) is 6.61 Å². The molecule has 2 aromatic carbocycles. The first-order valence-corrected chi connectivity index (χ1v) is 11.5. The van der Waals surface area contributed by atoms with Gasteiger partial charge in [0.25, 0.3) is 0 Å². The molecule has 2 amide bonds. The highest BCUT2D eigenvalue weighted by Crippen LogP contribution is 2.35. The number of methoxy groups -OCH3 is 1. The van der Waals surface area contributed by atoms with E-state index >= 15 is 0 Å². The van der Waals surface area contributed by atoms with Gasteiger partial charge in [-0.05, 0) is 57.0 Å². The van der Waals surface area contributed by atoms with Crippen LogP contribution < -0.4 is 14.8 Å². The second kappa shape index (κ2) is 10.6. The largest absolute Gasteiger partial charge is 0.493 e. The fourth-order valence-electron chi connectivity index (χ4n) is 3.99. The molecule has 3 rings (SSSR count). The molecule has 0 aromatic heterocycles. The molecule has 0 fully saturated rings. The zero-order chi connectivity index (χ0) is 23.4. The summed E-state index contributed by atoms with van der Waals surface area (Å²) >= 11 is 12.4. The maximum absolute atomic E-state index is 12.9. The molecule has 1 heterocycles. The van der Waals surface area contributed by atoms with E-state index in [1.807, 2.05) is 6.07 Å². The van der Waals surface area contributed by atoms with Gasteiger partial charge in [0.2, 0.25) is 0 Å². The summed E-state index contributed by atoms with van der Waals surface area (Å²) in [6, 6.07) is 9.70. The van der Waals surface area contributed by atoms with Gasteiger partial charge in [-0.15, -0.1) is 0 Å². The van der Waals surface area contributed by atoms with Crippen LogP contribution in [0.25, 0.3) is 0 Å². The second-order valence-electron chi connectivity index (χ2n) is 8.42. The Bertz CT molecular complexity index is 958. The summed E-state index contributed by atoms with van der Waals surface area (Å²) in [5.74, 6) is 1.22. The van der Waals surface area contributed by atoms with Gasteiger partial charge >= 0.3 is 6.03 Å². The standard InChI is InChI=1S/C24H31Cl2N3O3/c1-15(2)29(16(3)4)10-11-32-22-12-18(7-9-21(22)31-5)27-24(30)28-13-17-6-8-20(25)23(26)19(17)14-28/h6-9,12,15-16H,10-11,13-14H2,1-5H3,(H,27,30). The summed E-state index contributed by atoms with van der Waals surface area (Å²) in [7, 11) is 1.60. The first-order chi connectivity index (χ1) is 15.2. The zero-order valence-corrected chi connectivity index (χ0v) is 20.8. The molecule has 32 heavy (non-hydrogen) atoms. The Labute approximate surface area is 200 Å². The lowest BCUT2D eigenvalue weighted by Crippen LogP contribution is -2.39. The highest BCUT2D eigenvalue weighted by atomic mass is 35.5. The molecule has 0 bridgehead atoms. The van der Waals surface area contributed by atoms with Crippen LogP contribution in [0.4, 0.5) is 10.5 Å².